The number of anilines is 1. The van der Waals surface area contributed by atoms with Crippen LogP contribution in [0, 0.1) is 5.82 Å². The summed E-state index contributed by atoms with van der Waals surface area (Å²) in [5, 5.41) is 11.6. The smallest absolute Gasteiger partial charge is 0.335 e. The molecule has 3 rings (SSSR count). The third-order valence-corrected chi connectivity index (χ3v) is 4.01. The van der Waals surface area contributed by atoms with E-state index in [0.29, 0.717) is 31.9 Å². The van der Waals surface area contributed by atoms with Gasteiger partial charge in [0.15, 0.2) is 11.6 Å². The number of hydrogen-bond donors (Lipinski definition) is 2. The number of halogens is 1. The van der Waals surface area contributed by atoms with Crippen molar-refractivity contribution in [2.45, 2.75) is 6.54 Å². The fraction of sp³-hybridized carbons (Fsp3) is 0.278. The molecule has 0 bridgehead atoms. The van der Waals surface area contributed by atoms with Crippen LogP contribution in [-0.4, -0.2) is 48.3 Å². The van der Waals surface area contributed by atoms with Crippen LogP contribution in [-0.2, 0) is 11.3 Å². The topological polar surface area (TPSA) is 91.8 Å². The number of benzene rings is 1. The number of carboxylic acids is 1. The van der Waals surface area contributed by atoms with Crippen LogP contribution in [0.25, 0.3) is 0 Å². The monoisotopic (exact) mass is 359 g/mol. The molecule has 0 saturated carbocycles. The van der Waals surface area contributed by atoms with Gasteiger partial charge in [-0.3, -0.25) is 4.79 Å². The Kier molecular flexibility index (Phi) is 5.43. The first kappa shape index (κ1) is 17.8. The molecule has 1 aliphatic heterocycles. The molecule has 1 aromatic carbocycles. The zero-order valence-corrected chi connectivity index (χ0v) is 13.9. The summed E-state index contributed by atoms with van der Waals surface area (Å²) in [5.74, 6) is -1.72. The number of carbonyl (C=O) groups excluding carboxylic acids is 1. The number of nitrogens with one attached hydrogen (secondary N) is 1. The van der Waals surface area contributed by atoms with E-state index in [1.807, 2.05) is 4.90 Å². The first-order valence-electron chi connectivity index (χ1n) is 8.13. The second kappa shape index (κ2) is 7.92. The van der Waals surface area contributed by atoms with Gasteiger partial charge in [-0.1, -0.05) is 6.07 Å². The van der Waals surface area contributed by atoms with E-state index in [0.717, 1.165) is 0 Å². The Morgan fingerprint density at radius 2 is 1.96 bits per heavy atom. The molecule has 1 fully saturated rings. The van der Waals surface area contributed by atoms with E-state index in [2.05, 4.69) is 10.3 Å². The number of carbonyl (C=O) groups is 2. The number of morpholine rings is 1. The van der Waals surface area contributed by atoms with Gasteiger partial charge in [0.05, 0.1) is 18.8 Å². The molecule has 26 heavy (non-hydrogen) atoms. The number of carboxylic acid groups (broad SMARTS) is 1. The van der Waals surface area contributed by atoms with E-state index in [9.17, 15) is 14.0 Å². The number of pyridine rings is 1. The summed E-state index contributed by atoms with van der Waals surface area (Å²) in [6.07, 6.45) is 1.52. The van der Waals surface area contributed by atoms with Crippen LogP contribution in [0.15, 0.2) is 36.5 Å². The van der Waals surface area contributed by atoms with Gasteiger partial charge < -0.3 is 20.1 Å². The van der Waals surface area contributed by atoms with Gasteiger partial charge in [-0.15, -0.1) is 0 Å². The highest BCUT2D eigenvalue weighted by atomic mass is 19.1. The molecule has 7 nitrogen and oxygen atoms in total. The van der Waals surface area contributed by atoms with Crippen molar-refractivity contribution in [1.82, 2.24) is 10.3 Å². The minimum Gasteiger partial charge on any atom is -0.478 e. The zero-order chi connectivity index (χ0) is 18.5. The number of rotatable bonds is 5. The highest BCUT2D eigenvalue weighted by Crippen LogP contribution is 2.18. The van der Waals surface area contributed by atoms with Crippen molar-refractivity contribution in [2.24, 2.45) is 0 Å². The zero-order valence-electron chi connectivity index (χ0n) is 13.9. The van der Waals surface area contributed by atoms with Crippen molar-refractivity contribution in [2.75, 3.05) is 31.2 Å². The Morgan fingerprint density at radius 3 is 2.65 bits per heavy atom. The predicted molar refractivity (Wildman–Crippen MR) is 91.8 cm³/mol. The maximum Gasteiger partial charge on any atom is 0.335 e. The van der Waals surface area contributed by atoms with Gasteiger partial charge in [-0.25, -0.2) is 14.2 Å². The summed E-state index contributed by atoms with van der Waals surface area (Å²) in [5.41, 5.74) is 0.769. The lowest BCUT2D eigenvalue weighted by Crippen LogP contribution is -2.37. The van der Waals surface area contributed by atoms with E-state index in [-0.39, 0.29) is 23.5 Å². The maximum atomic E-state index is 14.3. The lowest BCUT2D eigenvalue weighted by Gasteiger charge is -2.28. The normalized spacial score (nSPS) is 14.1. The van der Waals surface area contributed by atoms with Gasteiger partial charge in [0.25, 0.3) is 5.91 Å². The molecule has 0 unspecified atom stereocenters. The Balaban J connectivity index is 1.64. The standard InChI is InChI=1S/C18H18FN3O4/c19-15-8-12(10-20-16(15)22-4-6-26-7-5-22)11-21-17(23)13-2-1-3-14(9-13)18(24)25/h1-3,8-10H,4-7,11H2,(H,21,23)(H,24,25). The molecule has 1 saturated heterocycles. The number of amides is 1. The second-order valence-corrected chi connectivity index (χ2v) is 5.82. The number of aromatic carboxylic acids is 1. The fourth-order valence-electron chi connectivity index (χ4n) is 2.65. The van der Waals surface area contributed by atoms with Gasteiger partial charge >= 0.3 is 5.97 Å². The largest absolute Gasteiger partial charge is 0.478 e. The lowest BCUT2D eigenvalue weighted by molar-refractivity contribution is 0.0697. The molecule has 2 aromatic rings. The molecule has 0 radical (unpaired) electrons. The number of hydrogen-bond acceptors (Lipinski definition) is 5. The SMILES string of the molecule is O=C(O)c1cccc(C(=O)NCc2cnc(N3CCOCC3)c(F)c2)c1. The van der Waals surface area contributed by atoms with Crippen molar-refractivity contribution < 1.29 is 23.8 Å². The number of ether oxygens (including phenoxy) is 1. The van der Waals surface area contributed by atoms with Crippen molar-refractivity contribution in [1.29, 1.82) is 0 Å². The van der Waals surface area contributed by atoms with E-state index >= 15 is 0 Å². The fourth-order valence-corrected chi connectivity index (χ4v) is 2.65. The quantitative estimate of drug-likeness (QED) is 0.844. The van der Waals surface area contributed by atoms with Gasteiger partial charge in [0, 0.05) is 31.4 Å². The van der Waals surface area contributed by atoms with Crippen LogP contribution >= 0.6 is 0 Å². The highest BCUT2D eigenvalue weighted by molar-refractivity contribution is 5.97. The first-order chi connectivity index (χ1) is 12.5. The Labute approximate surface area is 149 Å². The van der Waals surface area contributed by atoms with E-state index < -0.39 is 17.7 Å². The molecule has 1 amide bonds. The third-order valence-electron chi connectivity index (χ3n) is 4.01. The maximum absolute atomic E-state index is 14.3. The summed E-state index contributed by atoms with van der Waals surface area (Å²) in [6, 6.07) is 7.05. The summed E-state index contributed by atoms with van der Waals surface area (Å²) < 4.78 is 19.5. The highest BCUT2D eigenvalue weighted by Gasteiger charge is 2.17. The van der Waals surface area contributed by atoms with Crippen LogP contribution in [0.1, 0.15) is 26.3 Å². The van der Waals surface area contributed by atoms with Gasteiger partial charge in [-0.2, -0.15) is 0 Å². The average molecular weight is 359 g/mol. The molecular formula is C18H18FN3O4. The molecule has 136 valence electrons. The summed E-state index contributed by atoms with van der Waals surface area (Å²) in [6.45, 7) is 2.33. The van der Waals surface area contributed by atoms with Gasteiger partial charge in [-0.05, 0) is 29.8 Å². The van der Waals surface area contributed by atoms with Crippen LogP contribution in [0.4, 0.5) is 10.2 Å². The molecule has 0 atom stereocenters. The Bertz CT molecular complexity index is 822. The van der Waals surface area contributed by atoms with Crippen LogP contribution in [0.3, 0.4) is 0 Å². The molecule has 0 spiro atoms. The molecular weight excluding hydrogens is 341 g/mol. The van der Waals surface area contributed by atoms with Crippen LogP contribution in [0.5, 0.6) is 0 Å². The van der Waals surface area contributed by atoms with Crippen molar-refractivity contribution in [3.05, 3.63) is 59.0 Å². The molecule has 0 aliphatic carbocycles. The number of nitrogens with zero attached hydrogens (tertiary/aromatic N) is 2. The Hall–Kier alpha value is -3.00. The van der Waals surface area contributed by atoms with E-state index in [4.69, 9.17) is 9.84 Å². The van der Waals surface area contributed by atoms with Gasteiger partial charge in [0.1, 0.15) is 0 Å². The molecule has 2 heterocycles. The van der Waals surface area contributed by atoms with E-state index in [1.54, 1.807) is 0 Å². The molecule has 1 aliphatic rings. The lowest BCUT2D eigenvalue weighted by atomic mass is 10.1. The van der Waals surface area contributed by atoms with Crippen LogP contribution in [0.2, 0.25) is 0 Å². The molecule has 1 aromatic heterocycles. The average Bonchev–Trinajstić information content (AvgIpc) is 2.67. The second-order valence-electron chi connectivity index (χ2n) is 5.82. The van der Waals surface area contributed by atoms with Crippen molar-refractivity contribution in [3.8, 4) is 0 Å². The van der Waals surface area contributed by atoms with Crippen molar-refractivity contribution in [3.63, 3.8) is 0 Å². The third kappa shape index (κ3) is 4.15. The van der Waals surface area contributed by atoms with Crippen molar-refractivity contribution >= 4 is 17.7 Å². The summed E-state index contributed by atoms with van der Waals surface area (Å²) >= 11 is 0. The predicted octanol–water partition coefficient (Wildman–Crippen LogP) is 1.69. The molecule has 2 N–H and O–H groups in total. The molecule has 8 heteroatoms. The Morgan fingerprint density at radius 1 is 1.23 bits per heavy atom. The number of aromatic nitrogens is 1. The van der Waals surface area contributed by atoms with E-state index in [1.165, 1.54) is 36.5 Å². The first-order valence-corrected chi connectivity index (χ1v) is 8.13. The summed E-state index contributed by atoms with van der Waals surface area (Å²) in [4.78, 5) is 29.1. The minimum absolute atomic E-state index is 0.0280. The van der Waals surface area contributed by atoms with Crippen LogP contribution < -0.4 is 10.2 Å². The van der Waals surface area contributed by atoms with Gasteiger partial charge in [0.2, 0.25) is 0 Å². The minimum atomic E-state index is -1.11. The summed E-state index contributed by atoms with van der Waals surface area (Å²) in [7, 11) is 0.